The van der Waals surface area contributed by atoms with Crippen LogP contribution in [0.5, 0.6) is 0 Å². The predicted molar refractivity (Wildman–Crippen MR) is 113 cm³/mol. The Balaban J connectivity index is 0.000000138. The number of hydrazine groups is 1. The molecular weight excluding hydrogens is 424 g/mol. The smallest absolute Gasteiger partial charge is 0.325 e. The van der Waals surface area contributed by atoms with Crippen LogP contribution in [-0.4, -0.2) is 49.8 Å². The van der Waals surface area contributed by atoms with Gasteiger partial charge < -0.3 is 15.0 Å². The maximum atomic E-state index is 11.3. The highest BCUT2D eigenvalue weighted by molar-refractivity contribution is 5.68. The highest BCUT2D eigenvalue weighted by atomic mass is 16.2. The normalized spacial score (nSPS) is 10.1. The summed E-state index contributed by atoms with van der Waals surface area (Å²) in [5.74, 6) is 5.24. The maximum absolute atomic E-state index is 11.3. The summed E-state index contributed by atoms with van der Waals surface area (Å²) >= 11 is 0. The number of fused-ring (bicyclic) bond motifs is 2. The van der Waals surface area contributed by atoms with Gasteiger partial charge in [0.05, 0.1) is 12.7 Å². The first-order chi connectivity index (χ1) is 15.4. The number of rotatable bonds is 1. The Morgan fingerprint density at radius 3 is 2.19 bits per heavy atom. The van der Waals surface area contributed by atoms with Gasteiger partial charge in [-0.2, -0.15) is 4.98 Å². The van der Waals surface area contributed by atoms with E-state index in [9.17, 15) is 19.2 Å². The van der Waals surface area contributed by atoms with E-state index in [1.54, 1.807) is 6.92 Å². The van der Waals surface area contributed by atoms with E-state index in [4.69, 9.17) is 5.84 Å². The molecule has 0 radical (unpaired) electrons. The first-order valence-electron chi connectivity index (χ1n) is 8.72. The average molecular weight is 440 g/mol. The van der Waals surface area contributed by atoms with Crippen LogP contribution in [0, 0.1) is 6.92 Å². The second-order valence-corrected chi connectivity index (χ2v) is 5.88. The Kier molecular flexibility index (Phi) is 6.56. The highest BCUT2D eigenvalue weighted by Crippen LogP contribution is 1.99. The van der Waals surface area contributed by atoms with Crippen LogP contribution in [-0.2, 0) is 0 Å². The SMILES string of the molecule is Cc1c[nH]c(=O)[nH]c1=O.NNc1nc2nccnc2c(=O)[nH]1.O=c1[nH]cnc2nc[nH]c12. The van der Waals surface area contributed by atoms with Crippen LogP contribution in [0.2, 0.25) is 0 Å². The summed E-state index contributed by atoms with van der Waals surface area (Å²) in [5.41, 5.74) is 2.70. The third kappa shape index (κ3) is 5.13. The van der Waals surface area contributed by atoms with Gasteiger partial charge in [-0.05, 0) is 6.92 Å². The lowest BCUT2D eigenvalue weighted by atomic mass is 10.4. The van der Waals surface area contributed by atoms with Gasteiger partial charge in [0.25, 0.3) is 16.7 Å². The van der Waals surface area contributed by atoms with Crippen molar-refractivity contribution in [2.45, 2.75) is 6.92 Å². The van der Waals surface area contributed by atoms with Crippen molar-refractivity contribution in [3.05, 3.63) is 78.4 Å². The van der Waals surface area contributed by atoms with Gasteiger partial charge in [-0.25, -0.2) is 30.6 Å². The minimum absolute atomic E-state index is 0.165. The van der Waals surface area contributed by atoms with Gasteiger partial charge >= 0.3 is 5.69 Å². The van der Waals surface area contributed by atoms with Gasteiger partial charge in [-0.15, -0.1) is 0 Å². The topological polar surface area (TPSA) is 250 Å². The van der Waals surface area contributed by atoms with Gasteiger partial charge in [-0.1, -0.05) is 0 Å². The van der Waals surface area contributed by atoms with Crippen molar-refractivity contribution >= 4 is 28.3 Å². The fourth-order valence-electron chi connectivity index (χ4n) is 2.20. The lowest BCUT2D eigenvalue weighted by molar-refractivity contribution is 1.01. The molecule has 0 aromatic carbocycles. The summed E-state index contributed by atoms with van der Waals surface area (Å²) < 4.78 is 0. The number of anilines is 1. The zero-order valence-electron chi connectivity index (χ0n) is 16.3. The zero-order chi connectivity index (χ0) is 23.1. The van der Waals surface area contributed by atoms with Crippen molar-refractivity contribution in [1.82, 2.24) is 49.8 Å². The molecule has 16 nitrogen and oxygen atoms in total. The lowest BCUT2D eigenvalue weighted by Gasteiger charge is -1.98. The van der Waals surface area contributed by atoms with Crippen LogP contribution >= 0.6 is 0 Å². The molecule has 164 valence electrons. The Bertz CT molecular complexity index is 1580. The number of hydrogen-bond acceptors (Lipinski definition) is 11. The number of aryl methyl sites for hydroxylation is 1. The van der Waals surface area contributed by atoms with E-state index < -0.39 is 5.69 Å². The van der Waals surface area contributed by atoms with E-state index in [1.165, 1.54) is 31.2 Å². The Morgan fingerprint density at radius 2 is 1.53 bits per heavy atom. The van der Waals surface area contributed by atoms with E-state index in [2.05, 4.69) is 55.3 Å². The van der Waals surface area contributed by atoms with Crippen molar-refractivity contribution in [2.24, 2.45) is 5.84 Å². The molecule has 0 spiro atoms. The van der Waals surface area contributed by atoms with Crippen molar-refractivity contribution in [3.63, 3.8) is 0 Å². The number of H-pyrrole nitrogens is 5. The molecule has 0 saturated heterocycles. The van der Waals surface area contributed by atoms with Crippen LogP contribution in [0.1, 0.15) is 5.56 Å². The number of nitrogens with two attached hydrogens (primary N) is 1. The van der Waals surface area contributed by atoms with E-state index >= 15 is 0 Å². The van der Waals surface area contributed by atoms with E-state index in [0.717, 1.165) is 0 Å². The molecule has 0 aliphatic heterocycles. The lowest BCUT2D eigenvalue weighted by Crippen LogP contribution is -2.22. The first kappa shape index (κ1) is 21.7. The number of nitrogen functional groups attached to an aromatic ring is 1. The fraction of sp³-hybridized carbons (Fsp3) is 0.0625. The third-order valence-corrected chi connectivity index (χ3v) is 3.71. The third-order valence-electron chi connectivity index (χ3n) is 3.71. The largest absolute Gasteiger partial charge is 0.339 e. The number of hydrogen-bond donors (Lipinski definition) is 7. The Labute approximate surface area is 175 Å². The van der Waals surface area contributed by atoms with Gasteiger partial charge in [0.2, 0.25) is 5.95 Å². The van der Waals surface area contributed by atoms with Gasteiger partial charge in [-0.3, -0.25) is 29.8 Å². The van der Waals surface area contributed by atoms with Crippen LogP contribution in [0.25, 0.3) is 22.3 Å². The quantitative estimate of drug-likeness (QED) is 0.111. The van der Waals surface area contributed by atoms with Crippen molar-refractivity contribution in [3.8, 4) is 0 Å². The summed E-state index contributed by atoms with van der Waals surface area (Å²) in [6.07, 6.45) is 7.02. The zero-order valence-corrected chi connectivity index (χ0v) is 16.3. The number of imidazole rings is 1. The second kappa shape index (κ2) is 9.67. The molecule has 0 aliphatic carbocycles. The standard InChI is InChI=1S/C6H6N6O.C5H4N4O.C5H6N2O2/c7-12-6-10-4-3(5(13)11-6)8-1-2-9-4;10-5-3-4(7-1-6-3)8-2-9-5;1-3-2-6-5(9)7-4(3)8/h1-2H,7H2,(H2,9,10,11,12,13);1-2H,(H2,6,7,8,9,10);2H,1H3,(H2,6,7,8,9). The molecule has 0 aliphatic rings. The number of nitrogens with zero attached hydrogens (tertiary/aromatic N) is 5. The van der Waals surface area contributed by atoms with Crippen molar-refractivity contribution < 1.29 is 0 Å². The molecule has 16 heteroatoms. The minimum Gasteiger partial charge on any atom is -0.339 e. The van der Waals surface area contributed by atoms with Crippen LogP contribution in [0.3, 0.4) is 0 Å². The molecule has 0 saturated carbocycles. The molecule has 8 N–H and O–H groups in total. The maximum Gasteiger partial charge on any atom is 0.325 e. The summed E-state index contributed by atoms with van der Waals surface area (Å²) in [4.78, 5) is 74.1. The molecule has 0 unspecified atom stereocenters. The Hall–Kier alpha value is -4.99. The Morgan fingerprint density at radius 1 is 0.812 bits per heavy atom. The molecule has 0 bridgehead atoms. The molecule has 0 atom stereocenters. The molecule has 5 rings (SSSR count). The van der Waals surface area contributed by atoms with Gasteiger partial charge in [0, 0.05) is 24.2 Å². The van der Waals surface area contributed by atoms with Gasteiger partial charge in [0.15, 0.2) is 22.3 Å². The van der Waals surface area contributed by atoms with E-state index in [-0.39, 0.29) is 33.8 Å². The summed E-state index contributed by atoms with van der Waals surface area (Å²) in [7, 11) is 0. The molecule has 32 heavy (non-hydrogen) atoms. The fourth-order valence-corrected chi connectivity index (χ4v) is 2.20. The summed E-state index contributed by atoms with van der Waals surface area (Å²) in [6.45, 7) is 1.62. The minimum atomic E-state index is -0.467. The molecule has 0 amide bonds. The van der Waals surface area contributed by atoms with Crippen molar-refractivity contribution in [1.29, 1.82) is 0 Å². The first-order valence-corrected chi connectivity index (χ1v) is 8.72. The molecular formula is C16H16N12O4. The number of aromatic amines is 5. The molecule has 5 aromatic rings. The summed E-state index contributed by atoms with van der Waals surface area (Å²) in [6, 6.07) is 0. The van der Waals surface area contributed by atoms with Crippen molar-refractivity contribution in [2.75, 3.05) is 5.43 Å². The molecule has 5 aromatic heterocycles. The van der Waals surface area contributed by atoms with Gasteiger partial charge in [0.1, 0.15) is 0 Å². The molecule has 5 heterocycles. The predicted octanol–water partition coefficient (Wildman–Crippen LogP) is -1.98. The second-order valence-electron chi connectivity index (χ2n) is 5.88. The van der Waals surface area contributed by atoms with Crippen LogP contribution < -0.4 is 33.6 Å². The highest BCUT2D eigenvalue weighted by Gasteiger charge is 2.03. The monoisotopic (exact) mass is 440 g/mol. The van der Waals surface area contributed by atoms with E-state index in [1.807, 2.05) is 0 Å². The van der Waals surface area contributed by atoms with Crippen LogP contribution in [0.15, 0.2) is 50.4 Å². The molecule has 0 fully saturated rings. The van der Waals surface area contributed by atoms with E-state index in [0.29, 0.717) is 16.7 Å². The number of nitrogens with one attached hydrogen (secondary N) is 6. The van der Waals surface area contributed by atoms with Crippen LogP contribution in [0.4, 0.5) is 5.95 Å². The summed E-state index contributed by atoms with van der Waals surface area (Å²) in [5, 5.41) is 0. The number of aromatic nitrogens is 10. The average Bonchev–Trinajstić information content (AvgIpc) is 3.28.